The van der Waals surface area contributed by atoms with Gasteiger partial charge in [0, 0.05) is 30.9 Å². The number of carbonyl (C=O) groups excluding carboxylic acids is 1. The highest BCUT2D eigenvalue weighted by atomic mass is 19.1. The maximum atomic E-state index is 14.5. The molecule has 3 aliphatic heterocycles. The molecule has 2 unspecified atom stereocenters. The van der Waals surface area contributed by atoms with Gasteiger partial charge in [-0.15, -0.1) is 0 Å². The molecule has 142 valence electrons. The van der Waals surface area contributed by atoms with E-state index in [0.29, 0.717) is 37.6 Å². The van der Waals surface area contributed by atoms with E-state index in [1.54, 1.807) is 0 Å². The number of piperazine rings is 1. The Morgan fingerprint density at radius 3 is 2.78 bits per heavy atom. The lowest BCUT2D eigenvalue weighted by atomic mass is 9.87. The molecule has 1 N–H and O–H groups in total. The molecule has 0 radical (unpaired) electrons. The van der Waals surface area contributed by atoms with Gasteiger partial charge < -0.3 is 10.2 Å². The number of piperidine rings is 1. The second-order valence-corrected chi connectivity index (χ2v) is 7.35. The standard InChI is InChI=1S/C20H24FN5O/c1-3-17-19(21)20(23-12-22-17)25-9-15-8-16(10-25)26(15)11-18(27)24-14-6-4-5-13(2)7-14/h4-7,12,15-16H,3,8-11H2,1-2H3,(H,24,27). The molecule has 27 heavy (non-hydrogen) atoms. The molecule has 5 rings (SSSR count). The van der Waals surface area contributed by atoms with Crippen molar-refractivity contribution < 1.29 is 9.18 Å². The first-order valence-electron chi connectivity index (χ1n) is 9.41. The van der Waals surface area contributed by atoms with Gasteiger partial charge >= 0.3 is 0 Å². The van der Waals surface area contributed by atoms with Crippen molar-refractivity contribution in [2.75, 3.05) is 29.9 Å². The molecule has 3 fully saturated rings. The predicted octanol–water partition coefficient (Wildman–Crippen LogP) is 2.39. The summed E-state index contributed by atoms with van der Waals surface area (Å²) < 4.78 is 14.5. The summed E-state index contributed by atoms with van der Waals surface area (Å²) in [5, 5.41) is 2.96. The zero-order valence-electron chi connectivity index (χ0n) is 15.7. The Labute approximate surface area is 158 Å². The molecule has 1 amide bonds. The van der Waals surface area contributed by atoms with Crippen LogP contribution in [0.25, 0.3) is 0 Å². The highest BCUT2D eigenvalue weighted by molar-refractivity contribution is 5.92. The Balaban J connectivity index is 1.37. The third-order valence-corrected chi connectivity index (χ3v) is 5.45. The molecule has 1 aromatic carbocycles. The molecular weight excluding hydrogens is 345 g/mol. The number of carbonyl (C=O) groups is 1. The molecule has 6 nitrogen and oxygen atoms in total. The van der Waals surface area contributed by atoms with Gasteiger partial charge in [0.2, 0.25) is 5.91 Å². The van der Waals surface area contributed by atoms with Gasteiger partial charge in [-0.25, -0.2) is 14.4 Å². The van der Waals surface area contributed by atoms with E-state index < -0.39 is 0 Å². The molecule has 0 saturated carbocycles. The first-order valence-corrected chi connectivity index (χ1v) is 9.41. The third kappa shape index (κ3) is 3.51. The normalized spacial score (nSPS) is 21.7. The molecule has 3 aliphatic rings. The van der Waals surface area contributed by atoms with Crippen LogP contribution in [0.15, 0.2) is 30.6 Å². The van der Waals surface area contributed by atoms with Crippen molar-refractivity contribution in [3.05, 3.63) is 47.7 Å². The lowest BCUT2D eigenvalue weighted by molar-refractivity contribution is -0.121. The van der Waals surface area contributed by atoms with Gasteiger partial charge in [0.25, 0.3) is 0 Å². The molecule has 1 aromatic heterocycles. The van der Waals surface area contributed by atoms with Crippen LogP contribution < -0.4 is 10.2 Å². The van der Waals surface area contributed by atoms with Crippen LogP contribution in [-0.4, -0.2) is 52.5 Å². The van der Waals surface area contributed by atoms with Crippen LogP contribution in [0.3, 0.4) is 0 Å². The Morgan fingerprint density at radius 1 is 1.30 bits per heavy atom. The second kappa shape index (κ2) is 7.23. The van der Waals surface area contributed by atoms with Crippen LogP contribution in [0.5, 0.6) is 0 Å². The average molecular weight is 369 g/mol. The van der Waals surface area contributed by atoms with Gasteiger partial charge in [0.1, 0.15) is 6.33 Å². The summed E-state index contributed by atoms with van der Waals surface area (Å²) in [6.07, 6.45) is 3.03. The van der Waals surface area contributed by atoms with E-state index in [0.717, 1.165) is 17.7 Å². The number of nitrogens with zero attached hydrogens (tertiary/aromatic N) is 4. The predicted molar refractivity (Wildman–Crippen MR) is 102 cm³/mol. The minimum absolute atomic E-state index is 0.00904. The Kier molecular flexibility index (Phi) is 4.78. The Bertz CT molecular complexity index is 846. The van der Waals surface area contributed by atoms with Crippen molar-refractivity contribution in [1.82, 2.24) is 14.9 Å². The van der Waals surface area contributed by atoms with Crippen molar-refractivity contribution in [2.45, 2.75) is 38.8 Å². The van der Waals surface area contributed by atoms with E-state index in [-0.39, 0.29) is 23.8 Å². The summed E-state index contributed by atoms with van der Waals surface area (Å²) in [5.41, 5.74) is 2.39. The van der Waals surface area contributed by atoms with Crippen LogP contribution in [-0.2, 0) is 11.2 Å². The maximum absolute atomic E-state index is 14.5. The van der Waals surface area contributed by atoms with Crippen molar-refractivity contribution >= 4 is 17.4 Å². The molecule has 2 aromatic rings. The van der Waals surface area contributed by atoms with Crippen LogP contribution in [0.2, 0.25) is 0 Å². The Hall–Kier alpha value is -2.54. The van der Waals surface area contributed by atoms with Crippen LogP contribution in [0.4, 0.5) is 15.9 Å². The Morgan fingerprint density at radius 2 is 2.07 bits per heavy atom. The van der Waals surface area contributed by atoms with Crippen molar-refractivity contribution in [2.24, 2.45) is 0 Å². The van der Waals surface area contributed by atoms with Crippen LogP contribution >= 0.6 is 0 Å². The van der Waals surface area contributed by atoms with Crippen molar-refractivity contribution in [3.8, 4) is 0 Å². The SMILES string of the molecule is CCc1ncnc(N2CC3CC(C2)N3CC(=O)Nc2cccc(C)c2)c1F. The van der Waals surface area contributed by atoms with Gasteiger partial charge in [0.05, 0.1) is 12.2 Å². The smallest absolute Gasteiger partial charge is 0.238 e. The maximum Gasteiger partial charge on any atom is 0.238 e. The topological polar surface area (TPSA) is 61.4 Å². The number of benzene rings is 1. The number of nitrogens with one attached hydrogen (secondary N) is 1. The number of aromatic nitrogens is 2. The van der Waals surface area contributed by atoms with Gasteiger partial charge in [0.15, 0.2) is 11.6 Å². The lowest BCUT2D eigenvalue weighted by Gasteiger charge is -2.56. The second-order valence-electron chi connectivity index (χ2n) is 7.35. The van der Waals surface area contributed by atoms with E-state index in [1.807, 2.05) is 43.0 Å². The van der Waals surface area contributed by atoms with Crippen LogP contribution in [0.1, 0.15) is 24.6 Å². The van der Waals surface area contributed by atoms with Crippen LogP contribution in [0, 0.1) is 12.7 Å². The molecule has 2 atom stereocenters. The first-order chi connectivity index (χ1) is 13.0. The van der Waals surface area contributed by atoms with Crippen molar-refractivity contribution in [1.29, 1.82) is 0 Å². The fraction of sp³-hybridized carbons (Fsp3) is 0.450. The molecule has 7 heteroatoms. The third-order valence-electron chi connectivity index (χ3n) is 5.45. The molecule has 0 spiro atoms. The molecule has 4 heterocycles. The van der Waals surface area contributed by atoms with Crippen molar-refractivity contribution in [3.63, 3.8) is 0 Å². The van der Waals surface area contributed by atoms with E-state index >= 15 is 0 Å². The van der Waals surface area contributed by atoms with E-state index in [2.05, 4.69) is 20.2 Å². The summed E-state index contributed by atoms with van der Waals surface area (Å²) in [4.78, 5) is 24.8. The highest BCUT2D eigenvalue weighted by Gasteiger charge is 2.46. The number of anilines is 2. The number of rotatable bonds is 5. The lowest BCUT2D eigenvalue weighted by Crippen LogP contribution is -2.70. The number of aryl methyl sites for hydroxylation is 2. The average Bonchev–Trinajstić information content (AvgIpc) is 2.66. The molecule has 0 aliphatic carbocycles. The van der Waals surface area contributed by atoms with Gasteiger partial charge in [-0.2, -0.15) is 0 Å². The first kappa shape index (κ1) is 17.9. The minimum Gasteiger partial charge on any atom is -0.351 e. The monoisotopic (exact) mass is 369 g/mol. The fourth-order valence-corrected chi connectivity index (χ4v) is 4.07. The zero-order chi connectivity index (χ0) is 19.0. The number of fused-ring (bicyclic) bond motifs is 2. The van der Waals surface area contributed by atoms with Gasteiger partial charge in [-0.3, -0.25) is 9.69 Å². The summed E-state index contributed by atoms with van der Waals surface area (Å²) in [6, 6.07) is 8.30. The summed E-state index contributed by atoms with van der Waals surface area (Å²) in [7, 11) is 0. The summed E-state index contributed by atoms with van der Waals surface area (Å²) in [6.45, 7) is 5.62. The molecule has 2 bridgehead atoms. The number of halogens is 1. The summed E-state index contributed by atoms with van der Waals surface area (Å²) >= 11 is 0. The number of hydrogen-bond acceptors (Lipinski definition) is 5. The molecule has 3 saturated heterocycles. The quantitative estimate of drug-likeness (QED) is 0.877. The van der Waals surface area contributed by atoms with E-state index in [4.69, 9.17) is 0 Å². The fourth-order valence-electron chi connectivity index (χ4n) is 4.07. The van der Waals surface area contributed by atoms with E-state index in [1.165, 1.54) is 6.33 Å². The minimum atomic E-state index is -0.315. The van der Waals surface area contributed by atoms with E-state index in [9.17, 15) is 9.18 Å². The van der Waals surface area contributed by atoms with Gasteiger partial charge in [-0.05, 0) is 37.5 Å². The summed E-state index contributed by atoms with van der Waals surface area (Å²) in [5.74, 6) is 0.0655. The zero-order valence-corrected chi connectivity index (χ0v) is 15.7. The largest absolute Gasteiger partial charge is 0.351 e. The van der Waals surface area contributed by atoms with Gasteiger partial charge in [-0.1, -0.05) is 19.1 Å². The number of amides is 1. The molecular formula is C20H24FN5O. The number of hydrogen-bond donors (Lipinski definition) is 1. The highest BCUT2D eigenvalue weighted by Crippen LogP contribution is 2.34.